The number of hydrogen-bond acceptors (Lipinski definition) is 14. The number of aromatic nitrogens is 2. The number of ether oxygens (including phenoxy) is 4. The second-order valence-corrected chi connectivity index (χ2v) is 19.8. The van der Waals surface area contributed by atoms with Crippen molar-refractivity contribution >= 4 is 61.1 Å². The lowest BCUT2D eigenvalue weighted by molar-refractivity contribution is -0.142. The molecule has 1 unspecified atom stereocenters. The lowest BCUT2D eigenvalue weighted by atomic mass is 10.1. The van der Waals surface area contributed by atoms with E-state index in [9.17, 15) is 27.6 Å². The summed E-state index contributed by atoms with van der Waals surface area (Å²) >= 11 is 1.44. The average molecular weight is 868 g/mol. The Morgan fingerprint density at radius 3 is 2.62 bits per heavy atom. The summed E-state index contributed by atoms with van der Waals surface area (Å²) in [5.41, 5.74) is -1.28. The summed E-state index contributed by atoms with van der Waals surface area (Å²) in [6.45, 7) is 9.07. The largest absolute Gasteiger partial charge is 0.497 e. The molecular formula is C41H53N7O10S2. The molecule has 2 aliphatic heterocycles. The van der Waals surface area contributed by atoms with Crippen molar-refractivity contribution in [3.8, 4) is 23.0 Å². The molecule has 0 bridgehead atoms. The maximum absolute atomic E-state index is 14.6. The van der Waals surface area contributed by atoms with Crippen LogP contribution in [0, 0.1) is 5.92 Å². The maximum Gasteiger partial charge on any atom is 0.408 e. The first-order valence-electron chi connectivity index (χ1n) is 20.2. The van der Waals surface area contributed by atoms with Crippen LogP contribution in [0.2, 0.25) is 0 Å². The van der Waals surface area contributed by atoms with Gasteiger partial charge in [-0.2, -0.15) is 0 Å². The number of amides is 4. The van der Waals surface area contributed by atoms with Crippen LogP contribution in [0.1, 0.15) is 73.1 Å². The summed E-state index contributed by atoms with van der Waals surface area (Å²) in [6, 6.07) is 5.04. The number of rotatable bonds is 10. The van der Waals surface area contributed by atoms with E-state index in [1.165, 1.54) is 16.2 Å². The molecule has 0 spiro atoms. The lowest BCUT2D eigenvalue weighted by Crippen LogP contribution is -2.59. The number of fused-ring (bicyclic) bond motifs is 3. The van der Waals surface area contributed by atoms with Crippen LogP contribution < -0.4 is 30.1 Å². The number of nitrogens with zero attached hydrogens (tertiary/aromatic N) is 3. The van der Waals surface area contributed by atoms with Crippen LogP contribution in [0.5, 0.6) is 11.6 Å². The summed E-state index contributed by atoms with van der Waals surface area (Å²) < 4.78 is 51.6. The number of nitrogens with one attached hydrogen (secondary N) is 4. The SMILES string of the molecule is COc1ccc2c(OC3C[C@H]4C(=O)N[C@]5(C(=O)NS(=O)(=O)C6CC6)C[C@H]5C=CCCCOC[C@H](NC(=O)OC(C)(C)C)C(=O)N4C3)nc(-c3csc(NC(C)C)n3)cc2c1. The standard InChI is InChI=1S/C41H53N7O10S2/c1-23(2)42-38-44-32(22-59-38)30-17-24-16-26(55-6)11-14-29(24)35(43-30)57-27-18-33-34(49)46-41(37(51)47-60(53,54)28-12-13-28)19-25(41)10-8-7-9-15-56-21-31(36(50)48(33)20-27)45-39(52)58-40(3,4)5/h8,10-11,14,16-17,22-23,25,27-28,31,33H,7,9,12-13,15,18-21H2,1-6H3,(H,42,44)(H,45,52)(H,46,49)(H,47,51)/t25-,27?,31+,33+,41-/m1/s1. The molecule has 4 N–H and O–H groups in total. The van der Waals surface area contributed by atoms with Gasteiger partial charge in [0.05, 0.1) is 31.2 Å². The molecule has 2 aliphatic carbocycles. The summed E-state index contributed by atoms with van der Waals surface area (Å²) in [5.74, 6) is -1.78. The third-order valence-electron chi connectivity index (χ3n) is 10.6. The summed E-state index contributed by atoms with van der Waals surface area (Å²) in [6.07, 6.45) is 4.18. The van der Waals surface area contributed by atoms with Crippen LogP contribution in [-0.4, -0.2) is 115 Å². The van der Waals surface area contributed by atoms with Crippen molar-refractivity contribution < 1.29 is 46.5 Å². The van der Waals surface area contributed by atoms with Crippen molar-refractivity contribution in [1.29, 1.82) is 0 Å². The number of allylic oxidation sites excluding steroid dienone is 1. The fourth-order valence-corrected chi connectivity index (χ4v) is 9.56. The topological polar surface area (TPSA) is 216 Å². The molecule has 324 valence electrons. The third kappa shape index (κ3) is 9.95. The van der Waals surface area contributed by atoms with E-state index in [1.807, 2.05) is 49.6 Å². The summed E-state index contributed by atoms with van der Waals surface area (Å²) in [4.78, 5) is 67.0. The number of pyridine rings is 1. The Labute approximate surface area is 353 Å². The number of alkyl carbamates (subject to hydrolysis) is 1. The first-order chi connectivity index (χ1) is 28.4. The molecule has 19 heteroatoms. The molecule has 3 fully saturated rings. The van der Waals surface area contributed by atoms with Crippen LogP contribution in [0.25, 0.3) is 22.2 Å². The second kappa shape index (κ2) is 17.2. The monoisotopic (exact) mass is 867 g/mol. The molecule has 2 aromatic heterocycles. The highest BCUT2D eigenvalue weighted by atomic mass is 32.2. The van der Waals surface area contributed by atoms with Crippen LogP contribution >= 0.6 is 11.3 Å². The molecule has 4 aliphatic rings. The number of thiazole rings is 1. The van der Waals surface area contributed by atoms with E-state index in [-0.39, 0.29) is 44.5 Å². The molecule has 1 saturated heterocycles. The predicted molar refractivity (Wildman–Crippen MR) is 224 cm³/mol. The molecule has 4 heterocycles. The van der Waals surface area contributed by atoms with E-state index in [0.717, 1.165) is 10.5 Å². The Morgan fingerprint density at radius 1 is 1.12 bits per heavy atom. The van der Waals surface area contributed by atoms with Crippen molar-refractivity contribution in [3.05, 3.63) is 41.8 Å². The van der Waals surface area contributed by atoms with Gasteiger partial charge in [-0.05, 0) is 96.4 Å². The van der Waals surface area contributed by atoms with E-state index in [4.69, 9.17) is 28.9 Å². The lowest BCUT2D eigenvalue weighted by Gasteiger charge is -2.30. The van der Waals surface area contributed by atoms with Crippen molar-refractivity contribution in [2.45, 2.75) is 114 Å². The van der Waals surface area contributed by atoms with Crippen LogP contribution in [0.3, 0.4) is 0 Å². The van der Waals surface area contributed by atoms with Crippen LogP contribution in [0.4, 0.5) is 9.93 Å². The molecule has 1 aromatic carbocycles. The Hall–Kier alpha value is -5.01. The number of anilines is 1. The van der Waals surface area contributed by atoms with Gasteiger partial charge < -0.3 is 39.8 Å². The zero-order chi connectivity index (χ0) is 43.0. The van der Waals surface area contributed by atoms with Crippen molar-refractivity contribution in [2.24, 2.45) is 5.92 Å². The molecule has 3 aromatic rings. The van der Waals surface area contributed by atoms with Gasteiger partial charge in [0.25, 0.3) is 5.91 Å². The minimum Gasteiger partial charge on any atom is -0.497 e. The Kier molecular flexibility index (Phi) is 12.3. The quantitative estimate of drug-likeness (QED) is 0.210. The van der Waals surface area contributed by atoms with Gasteiger partial charge in [-0.25, -0.2) is 23.2 Å². The molecular weight excluding hydrogens is 815 g/mol. The van der Waals surface area contributed by atoms with Gasteiger partial charge in [0, 0.05) is 35.8 Å². The first kappa shape index (κ1) is 43.1. The van der Waals surface area contributed by atoms with E-state index in [1.54, 1.807) is 33.9 Å². The highest BCUT2D eigenvalue weighted by Crippen LogP contribution is 2.46. The van der Waals surface area contributed by atoms with Crippen LogP contribution in [0.15, 0.2) is 41.8 Å². The van der Waals surface area contributed by atoms with Gasteiger partial charge in [-0.3, -0.25) is 19.1 Å². The molecule has 2 saturated carbocycles. The van der Waals surface area contributed by atoms with E-state index >= 15 is 0 Å². The van der Waals surface area contributed by atoms with Crippen molar-refractivity contribution in [1.82, 2.24) is 30.2 Å². The predicted octanol–water partition coefficient (Wildman–Crippen LogP) is 4.28. The number of sulfonamides is 1. The van der Waals surface area contributed by atoms with Crippen molar-refractivity contribution in [2.75, 3.05) is 32.2 Å². The Bertz CT molecular complexity index is 2270. The molecule has 7 rings (SSSR count). The Balaban J connectivity index is 1.23. The molecule has 4 amide bonds. The third-order valence-corrected chi connectivity index (χ3v) is 13.2. The first-order valence-corrected chi connectivity index (χ1v) is 22.7. The molecule has 0 radical (unpaired) electrons. The maximum atomic E-state index is 14.6. The highest BCUT2D eigenvalue weighted by molar-refractivity contribution is 7.91. The Morgan fingerprint density at radius 2 is 1.90 bits per heavy atom. The summed E-state index contributed by atoms with van der Waals surface area (Å²) in [7, 11) is -2.36. The van der Waals surface area contributed by atoms with Gasteiger partial charge in [-0.1, -0.05) is 12.2 Å². The zero-order valence-electron chi connectivity index (χ0n) is 34.6. The smallest absolute Gasteiger partial charge is 0.408 e. The second-order valence-electron chi connectivity index (χ2n) is 17.0. The zero-order valence-corrected chi connectivity index (χ0v) is 36.2. The van der Waals surface area contributed by atoms with Gasteiger partial charge in [-0.15, -0.1) is 11.3 Å². The minimum atomic E-state index is -3.93. The molecule has 17 nitrogen and oxygen atoms in total. The van der Waals surface area contributed by atoms with E-state index in [2.05, 4.69) is 20.7 Å². The van der Waals surface area contributed by atoms with E-state index in [0.29, 0.717) is 48.2 Å². The fourth-order valence-electron chi connectivity index (χ4n) is 7.35. The average Bonchev–Trinajstić information content (AvgIpc) is 4.06. The number of carbonyl (C=O) groups is 4. The number of benzene rings is 1. The van der Waals surface area contributed by atoms with Crippen molar-refractivity contribution in [3.63, 3.8) is 0 Å². The normalized spacial score (nSPS) is 25.0. The van der Waals surface area contributed by atoms with Gasteiger partial charge in [0.15, 0.2) is 5.13 Å². The van der Waals surface area contributed by atoms with E-state index < -0.39 is 74.3 Å². The minimum absolute atomic E-state index is 0.0289. The number of methoxy groups -OCH3 is 1. The fraction of sp³-hybridized carbons (Fsp3) is 0.561. The number of carbonyl (C=O) groups excluding carboxylic acids is 4. The van der Waals surface area contributed by atoms with Crippen LogP contribution in [-0.2, 0) is 33.9 Å². The summed E-state index contributed by atoms with van der Waals surface area (Å²) in [5, 5.41) is 12.2. The molecule has 5 atom stereocenters. The van der Waals surface area contributed by atoms with Gasteiger partial charge in [0.1, 0.15) is 40.8 Å². The molecule has 60 heavy (non-hydrogen) atoms. The highest BCUT2D eigenvalue weighted by Gasteiger charge is 2.62. The van der Waals surface area contributed by atoms with Gasteiger partial charge in [0.2, 0.25) is 27.7 Å². The number of hydrogen-bond donors (Lipinski definition) is 4. The van der Waals surface area contributed by atoms with Gasteiger partial charge >= 0.3 is 6.09 Å².